The standard InChI is InChI=1S/C16H15N3O4S/c1-2-23-14-9-4-3-8-13(14)15(20)18-16(24)17-11-6-5-7-12(10-11)19(21)22/h3-10H,2H2,1H3,(H2,17,18,20,24). The van der Waals surface area contributed by atoms with E-state index < -0.39 is 10.8 Å². The molecule has 124 valence electrons. The summed E-state index contributed by atoms with van der Waals surface area (Å²) in [5.41, 5.74) is 0.686. The van der Waals surface area contributed by atoms with Crippen molar-refractivity contribution in [1.29, 1.82) is 0 Å². The Kier molecular flexibility index (Phi) is 5.80. The highest BCUT2D eigenvalue weighted by molar-refractivity contribution is 7.80. The van der Waals surface area contributed by atoms with E-state index >= 15 is 0 Å². The number of carbonyl (C=O) groups is 1. The molecular weight excluding hydrogens is 330 g/mol. The lowest BCUT2D eigenvalue weighted by atomic mass is 10.2. The van der Waals surface area contributed by atoms with Crippen LogP contribution in [0.3, 0.4) is 0 Å². The average molecular weight is 345 g/mol. The van der Waals surface area contributed by atoms with Crippen molar-refractivity contribution >= 4 is 34.6 Å². The number of amides is 1. The fourth-order valence-electron chi connectivity index (χ4n) is 1.97. The molecular formula is C16H15N3O4S. The number of carbonyl (C=O) groups excluding carboxylic acids is 1. The highest BCUT2D eigenvalue weighted by Crippen LogP contribution is 2.19. The molecule has 0 saturated heterocycles. The van der Waals surface area contributed by atoms with Crippen molar-refractivity contribution in [3.63, 3.8) is 0 Å². The van der Waals surface area contributed by atoms with E-state index in [0.29, 0.717) is 23.6 Å². The molecule has 0 saturated carbocycles. The third kappa shape index (κ3) is 4.50. The van der Waals surface area contributed by atoms with Crippen molar-refractivity contribution in [1.82, 2.24) is 5.32 Å². The lowest BCUT2D eigenvalue weighted by molar-refractivity contribution is -0.384. The summed E-state index contributed by atoms with van der Waals surface area (Å²) in [4.78, 5) is 22.5. The van der Waals surface area contributed by atoms with Crippen molar-refractivity contribution in [2.75, 3.05) is 11.9 Å². The minimum absolute atomic E-state index is 0.0341. The van der Waals surface area contributed by atoms with Gasteiger partial charge in [0.25, 0.3) is 11.6 Å². The molecule has 2 aromatic carbocycles. The Hall–Kier alpha value is -3.00. The van der Waals surface area contributed by atoms with Crippen molar-refractivity contribution in [2.45, 2.75) is 6.92 Å². The molecule has 7 nitrogen and oxygen atoms in total. The quantitative estimate of drug-likeness (QED) is 0.491. The second-order valence-electron chi connectivity index (χ2n) is 4.64. The third-order valence-electron chi connectivity index (χ3n) is 2.97. The van der Waals surface area contributed by atoms with Crippen molar-refractivity contribution in [3.8, 4) is 5.75 Å². The van der Waals surface area contributed by atoms with Crippen molar-refractivity contribution in [2.24, 2.45) is 0 Å². The number of rotatable bonds is 5. The first-order valence-electron chi connectivity index (χ1n) is 7.10. The van der Waals surface area contributed by atoms with Crippen LogP contribution in [0, 0.1) is 10.1 Å². The smallest absolute Gasteiger partial charge is 0.271 e. The van der Waals surface area contributed by atoms with E-state index in [9.17, 15) is 14.9 Å². The van der Waals surface area contributed by atoms with E-state index in [2.05, 4.69) is 10.6 Å². The molecule has 0 atom stereocenters. The Morgan fingerprint density at radius 3 is 2.71 bits per heavy atom. The van der Waals surface area contributed by atoms with Crippen LogP contribution in [0.4, 0.5) is 11.4 Å². The zero-order valence-electron chi connectivity index (χ0n) is 12.8. The number of ether oxygens (including phenoxy) is 1. The van der Waals surface area contributed by atoms with Crippen LogP contribution in [0.2, 0.25) is 0 Å². The van der Waals surface area contributed by atoms with Crippen molar-refractivity contribution < 1.29 is 14.5 Å². The number of hydrogen-bond donors (Lipinski definition) is 2. The van der Waals surface area contributed by atoms with Gasteiger partial charge in [0, 0.05) is 17.8 Å². The first kappa shape index (κ1) is 17.4. The van der Waals surface area contributed by atoms with Crippen LogP contribution in [-0.2, 0) is 0 Å². The second-order valence-corrected chi connectivity index (χ2v) is 5.05. The number of hydrogen-bond acceptors (Lipinski definition) is 5. The van der Waals surface area contributed by atoms with Gasteiger partial charge in [-0.1, -0.05) is 18.2 Å². The van der Waals surface area contributed by atoms with Crippen LogP contribution in [0.5, 0.6) is 5.75 Å². The van der Waals surface area contributed by atoms with Crippen molar-refractivity contribution in [3.05, 3.63) is 64.2 Å². The van der Waals surface area contributed by atoms with E-state index in [1.165, 1.54) is 18.2 Å². The summed E-state index contributed by atoms with van der Waals surface area (Å²) in [6, 6.07) is 12.6. The number of nitrogens with zero attached hydrogens (tertiary/aromatic N) is 1. The molecule has 0 bridgehead atoms. The van der Waals surface area contributed by atoms with E-state index in [-0.39, 0.29) is 10.8 Å². The first-order chi connectivity index (χ1) is 11.5. The summed E-state index contributed by atoms with van der Waals surface area (Å²) in [6.45, 7) is 2.25. The zero-order valence-corrected chi connectivity index (χ0v) is 13.6. The summed E-state index contributed by atoms with van der Waals surface area (Å²) in [7, 11) is 0. The van der Waals surface area contributed by atoms with Crippen LogP contribution in [-0.4, -0.2) is 22.5 Å². The summed E-state index contributed by atoms with van der Waals surface area (Å²) in [5, 5.41) is 16.1. The van der Waals surface area contributed by atoms with E-state index in [1.807, 2.05) is 6.92 Å². The Morgan fingerprint density at radius 1 is 1.25 bits per heavy atom. The molecule has 1 amide bonds. The predicted octanol–water partition coefficient (Wildman–Crippen LogP) is 3.12. The fourth-order valence-corrected chi connectivity index (χ4v) is 2.18. The van der Waals surface area contributed by atoms with Crippen LogP contribution < -0.4 is 15.4 Å². The third-order valence-corrected chi connectivity index (χ3v) is 3.18. The molecule has 0 spiro atoms. The van der Waals surface area contributed by atoms with Crippen LogP contribution in [0.1, 0.15) is 17.3 Å². The van der Waals surface area contributed by atoms with Gasteiger partial charge in [-0.15, -0.1) is 0 Å². The minimum Gasteiger partial charge on any atom is -0.493 e. The number of thiocarbonyl (C=S) groups is 1. The van der Waals surface area contributed by atoms with Crippen LogP contribution in [0.15, 0.2) is 48.5 Å². The topological polar surface area (TPSA) is 93.5 Å². The Balaban J connectivity index is 2.06. The average Bonchev–Trinajstić information content (AvgIpc) is 2.55. The first-order valence-corrected chi connectivity index (χ1v) is 7.50. The number of para-hydroxylation sites is 1. The molecule has 0 aliphatic rings. The molecule has 0 radical (unpaired) electrons. The largest absolute Gasteiger partial charge is 0.493 e. The maximum atomic E-state index is 12.3. The number of nitrogens with one attached hydrogen (secondary N) is 2. The lowest BCUT2D eigenvalue weighted by Crippen LogP contribution is -2.34. The normalized spacial score (nSPS) is 9.88. The summed E-state index contributed by atoms with van der Waals surface area (Å²) < 4.78 is 5.40. The number of nitro benzene ring substituents is 1. The Labute approximate surface area is 143 Å². The molecule has 0 aromatic heterocycles. The number of benzene rings is 2. The van der Waals surface area contributed by atoms with Gasteiger partial charge in [0.05, 0.1) is 17.1 Å². The molecule has 24 heavy (non-hydrogen) atoms. The van der Waals surface area contributed by atoms with E-state index in [4.69, 9.17) is 17.0 Å². The SMILES string of the molecule is CCOc1ccccc1C(=O)NC(=S)Nc1cccc([N+](=O)[O-])c1. The van der Waals surface area contributed by atoms with Gasteiger partial charge < -0.3 is 10.1 Å². The highest BCUT2D eigenvalue weighted by Gasteiger charge is 2.14. The van der Waals surface area contributed by atoms with Gasteiger partial charge in [-0.3, -0.25) is 20.2 Å². The lowest BCUT2D eigenvalue weighted by Gasteiger charge is -2.12. The van der Waals surface area contributed by atoms with E-state index in [1.54, 1.807) is 30.3 Å². The molecule has 2 N–H and O–H groups in total. The predicted molar refractivity (Wildman–Crippen MR) is 94.4 cm³/mol. The summed E-state index contributed by atoms with van der Waals surface area (Å²) >= 11 is 5.08. The minimum atomic E-state index is -0.509. The maximum absolute atomic E-state index is 12.3. The molecule has 8 heteroatoms. The Bertz CT molecular complexity index is 779. The molecule has 2 rings (SSSR count). The summed E-state index contributed by atoms with van der Waals surface area (Å²) in [6.07, 6.45) is 0. The molecule has 2 aromatic rings. The number of non-ortho nitro benzene ring substituents is 1. The Morgan fingerprint density at radius 2 is 2.00 bits per heavy atom. The molecule has 0 unspecified atom stereocenters. The maximum Gasteiger partial charge on any atom is 0.271 e. The molecule has 0 aliphatic carbocycles. The molecule has 0 fully saturated rings. The van der Waals surface area contributed by atoms with Crippen LogP contribution >= 0.6 is 12.2 Å². The number of nitro groups is 1. The second kappa shape index (κ2) is 8.02. The molecule has 0 aliphatic heterocycles. The number of anilines is 1. The van der Waals surface area contributed by atoms with Gasteiger partial charge in [0.1, 0.15) is 5.75 Å². The van der Waals surface area contributed by atoms with Gasteiger partial charge in [0.15, 0.2) is 5.11 Å². The fraction of sp³-hybridized carbons (Fsp3) is 0.125. The summed E-state index contributed by atoms with van der Waals surface area (Å²) in [5.74, 6) is 0.0256. The van der Waals surface area contributed by atoms with Gasteiger partial charge >= 0.3 is 0 Å². The van der Waals surface area contributed by atoms with E-state index in [0.717, 1.165) is 0 Å². The zero-order chi connectivity index (χ0) is 17.5. The van der Waals surface area contributed by atoms with Gasteiger partial charge in [-0.25, -0.2) is 0 Å². The monoisotopic (exact) mass is 345 g/mol. The molecule has 0 heterocycles. The van der Waals surface area contributed by atoms with Gasteiger partial charge in [-0.05, 0) is 37.3 Å². The van der Waals surface area contributed by atoms with Gasteiger partial charge in [0.2, 0.25) is 0 Å². The highest BCUT2D eigenvalue weighted by atomic mass is 32.1. The van der Waals surface area contributed by atoms with Crippen LogP contribution in [0.25, 0.3) is 0 Å². The van der Waals surface area contributed by atoms with Gasteiger partial charge in [-0.2, -0.15) is 0 Å².